The second kappa shape index (κ2) is 14.5. The van der Waals surface area contributed by atoms with E-state index in [-0.39, 0.29) is 30.0 Å². The minimum absolute atomic E-state index is 0. The fraction of sp³-hybridized carbons (Fsp3) is 0.682. The van der Waals surface area contributed by atoms with Gasteiger partial charge in [-0.1, -0.05) is 29.8 Å². The van der Waals surface area contributed by atoms with Gasteiger partial charge in [-0.25, -0.2) is 0 Å². The molecule has 7 nitrogen and oxygen atoms in total. The molecular weight excluding hydrogens is 529 g/mol. The molecule has 2 atom stereocenters. The van der Waals surface area contributed by atoms with E-state index in [1.165, 1.54) is 0 Å². The van der Waals surface area contributed by atoms with Crippen molar-refractivity contribution in [1.29, 1.82) is 0 Å². The molecule has 1 aromatic carbocycles. The molecule has 31 heavy (non-hydrogen) atoms. The summed E-state index contributed by atoms with van der Waals surface area (Å²) in [6, 6.07) is 8.68. The molecule has 176 valence electrons. The summed E-state index contributed by atoms with van der Waals surface area (Å²) in [7, 11) is 0. The van der Waals surface area contributed by atoms with E-state index in [2.05, 4.69) is 46.4 Å². The molecule has 0 bridgehead atoms. The number of aliphatic imine (C=N–C) groups is 1. The summed E-state index contributed by atoms with van der Waals surface area (Å²) in [5, 5.41) is 7.75. The minimum Gasteiger partial charge on any atom is -0.379 e. The zero-order valence-electron chi connectivity index (χ0n) is 18.7. The molecule has 2 N–H and O–H groups in total. The molecule has 2 aliphatic heterocycles. The van der Waals surface area contributed by atoms with Crippen molar-refractivity contribution in [2.45, 2.75) is 25.9 Å². The van der Waals surface area contributed by atoms with Crippen LogP contribution < -0.4 is 10.6 Å². The van der Waals surface area contributed by atoms with Gasteiger partial charge in [0.1, 0.15) is 0 Å². The van der Waals surface area contributed by atoms with Crippen LogP contribution in [0.4, 0.5) is 0 Å². The summed E-state index contributed by atoms with van der Waals surface area (Å²) in [5.74, 6) is 0.850. The zero-order valence-corrected chi connectivity index (χ0v) is 21.8. The average molecular weight is 566 g/mol. The molecule has 0 radical (unpaired) electrons. The highest BCUT2D eigenvalue weighted by Crippen LogP contribution is 2.27. The SMILES string of the molecule is CCNC(=NCC(C)N1CCOCC1)NCC(c1ccccc1Cl)N1CCOCC1.I. The molecular formula is C22H37ClIN5O2. The number of rotatable bonds is 8. The first-order chi connectivity index (χ1) is 14.7. The highest BCUT2D eigenvalue weighted by Gasteiger charge is 2.24. The Bertz CT molecular complexity index is 669. The van der Waals surface area contributed by atoms with Gasteiger partial charge in [-0.05, 0) is 25.5 Å². The third kappa shape index (κ3) is 8.33. The summed E-state index contributed by atoms with van der Waals surface area (Å²) < 4.78 is 11.0. The van der Waals surface area contributed by atoms with Gasteiger partial charge < -0.3 is 20.1 Å². The lowest BCUT2D eigenvalue weighted by molar-refractivity contribution is 0.0170. The number of nitrogens with zero attached hydrogens (tertiary/aromatic N) is 3. The number of guanidine groups is 1. The average Bonchev–Trinajstić information content (AvgIpc) is 2.79. The van der Waals surface area contributed by atoms with E-state index in [1.807, 2.05) is 12.1 Å². The smallest absolute Gasteiger partial charge is 0.191 e. The monoisotopic (exact) mass is 565 g/mol. The van der Waals surface area contributed by atoms with Gasteiger partial charge in [-0.3, -0.25) is 14.8 Å². The number of hydrogen-bond acceptors (Lipinski definition) is 5. The van der Waals surface area contributed by atoms with Crippen molar-refractivity contribution >= 4 is 41.5 Å². The Morgan fingerprint density at radius 3 is 2.26 bits per heavy atom. The first-order valence-corrected chi connectivity index (χ1v) is 11.5. The Morgan fingerprint density at radius 1 is 1.03 bits per heavy atom. The molecule has 2 aliphatic rings. The second-order valence-electron chi connectivity index (χ2n) is 7.78. The standard InChI is InChI=1S/C22H36ClN5O2.HI/c1-3-24-22(25-16-18(2)27-8-12-29-13-9-27)26-17-21(28-10-14-30-15-11-28)19-6-4-5-7-20(19)23;/h4-7,18,21H,3,8-17H2,1-2H3,(H2,24,25,26);1H. The van der Waals surface area contributed by atoms with Crippen molar-refractivity contribution in [3.63, 3.8) is 0 Å². The lowest BCUT2D eigenvalue weighted by Crippen LogP contribution is -2.47. The van der Waals surface area contributed by atoms with Crippen LogP contribution in [-0.2, 0) is 9.47 Å². The van der Waals surface area contributed by atoms with Crippen molar-refractivity contribution in [2.24, 2.45) is 4.99 Å². The van der Waals surface area contributed by atoms with Gasteiger partial charge in [0, 0.05) is 50.3 Å². The van der Waals surface area contributed by atoms with Crippen LogP contribution in [0.5, 0.6) is 0 Å². The Balaban J connectivity index is 0.00000341. The van der Waals surface area contributed by atoms with E-state index in [9.17, 15) is 0 Å². The Labute approximate surface area is 208 Å². The molecule has 1 aromatic rings. The van der Waals surface area contributed by atoms with E-state index in [0.29, 0.717) is 6.04 Å². The summed E-state index contributed by atoms with van der Waals surface area (Å²) in [4.78, 5) is 9.74. The lowest BCUT2D eigenvalue weighted by atomic mass is 10.0. The Kier molecular flexibility index (Phi) is 12.4. The molecule has 2 heterocycles. The van der Waals surface area contributed by atoms with Gasteiger partial charge in [0.15, 0.2) is 5.96 Å². The maximum Gasteiger partial charge on any atom is 0.191 e. The Morgan fingerprint density at radius 2 is 1.65 bits per heavy atom. The van der Waals surface area contributed by atoms with E-state index in [0.717, 1.165) is 88.8 Å². The van der Waals surface area contributed by atoms with Crippen molar-refractivity contribution in [2.75, 3.05) is 72.2 Å². The van der Waals surface area contributed by atoms with Crippen LogP contribution in [0.25, 0.3) is 0 Å². The third-order valence-electron chi connectivity index (χ3n) is 5.74. The van der Waals surface area contributed by atoms with Crippen LogP contribution in [-0.4, -0.2) is 94.0 Å². The van der Waals surface area contributed by atoms with Crippen molar-refractivity contribution in [1.82, 2.24) is 20.4 Å². The van der Waals surface area contributed by atoms with Crippen LogP contribution in [0, 0.1) is 0 Å². The van der Waals surface area contributed by atoms with E-state index in [1.54, 1.807) is 0 Å². The van der Waals surface area contributed by atoms with Gasteiger partial charge in [0.2, 0.25) is 0 Å². The maximum atomic E-state index is 6.56. The minimum atomic E-state index is 0. The normalized spacial score (nSPS) is 20.5. The van der Waals surface area contributed by atoms with Crippen LogP contribution in [0.2, 0.25) is 5.02 Å². The zero-order chi connectivity index (χ0) is 21.2. The maximum absolute atomic E-state index is 6.56. The topological polar surface area (TPSA) is 61.4 Å². The third-order valence-corrected chi connectivity index (χ3v) is 6.08. The first-order valence-electron chi connectivity index (χ1n) is 11.1. The van der Waals surface area contributed by atoms with Gasteiger partial charge in [0.25, 0.3) is 0 Å². The molecule has 3 rings (SSSR count). The number of halogens is 2. The van der Waals surface area contributed by atoms with E-state index < -0.39 is 0 Å². The van der Waals surface area contributed by atoms with Crippen molar-refractivity contribution in [3.8, 4) is 0 Å². The molecule has 0 spiro atoms. The molecule has 0 saturated carbocycles. The molecule has 0 aliphatic carbocycles. The number of benzene rings is 1. The molecule has 2 saturated heterocycles. The van der Waals surface area contributed by atoms with Gasteiger partial charge >= 0.3 is 0 Å². The summed E-state index contributed by atoms with van der Waals surface area (Å²) in [5.41, 5.74) is 1.14. The van der Waals surface area contributed by atoms with Crippen molar-refractivity contribution in [3.05, 3.63) is 34.9 Å². The van der Waals surface area contributed by atoms with E-state index in [4.69, 9.17) is 26.1 Å². The van der Waals surface area contributed by atoms with Crippen LogP contribution in [0.1, 0.15) is 25.5 Å². The largest absolute Gasteiger partial charge is 0.379 e. The number of hydrogen-bond donors (Lipinski definition) is 2. The van der Waals surface area contributed by atoms with Crippen LogP contribution >= 0.6 is 35.6 Å². The highest BCUT2D eigenvalue weighted by atomic mass is 127. The second-order valence-corrected chi connectivity index (χ2v) is 8.19. The fourth-order valence-electron chi connectivity index (χ4n) is 3.96. The lowest BCUT2D eigenvalue weighted by Gasteiger charge is -2.35. The number of morpholine rings is 2. The highest BCUT2D eigenvalue weighted by molar-refractivity contribution is 14.0. The predicted molar refractivity (Wildman–Crippen MR) is 138 cm³/mol. The van der Waals surface area contributed by atoms with E-state index >= 15 is 0 Å². The number of ether oxygens (including phenoxy) is 2. The van der Waals surface area contributed by atoms with Crippen LogP contribution in [0.3, 0.4) is 0 Å². The van der Waals surface area contributed by atoms with Crippen LogP contribution in [0.15, 0.2) is 29.3 Å². The van der Waals surface area contributed by atoms with Crippen molar-refractivity contribution < 1.29 is 9.47 Å². The summed E-state index contributed by atoms with van der Waals surface area (Å²) in [6.07, 6.45) is 0. The molecule has 0 aromatic heterocycles. The van der Waals surface area contributed by atoms with Gasteiger partial charge in [-0.2, -0.15) is 0 Å². The molecule has 2 fully saturated rings. The number of nitrogens with one attached hydrogen (secondary N) is 2. The first kappa shape index (κ1) is 26.6. The predicted octanol–water partition coefficient (Wildman–Crippen LogP) is 2.61. The fourth-order valence-corrected chi connectivity index (χ4v) is 4.22. The molecule has 9 heteroatoms. The summed E-state index contributed by atoms with van der Waals surface area (Å²) >= 11 is 6.56. The van der Waals surface area contributed by atoms with Gasteiger partial charge in [0.05, 0.1) is 39.0 Å². The quantitative estimate of drug-likeness (QED) is 0.287. The van der Waals surface area contributed by atoms with Gasteiger partial charge in [-0.15, -0.1) is 24.0 Å². The Hall–Kier alpha value is -0.650. The molecule has 2 unspecified atom stereocenters. The summed E-state index contributed by atoms with van der Waals surface area (Å²) in [6.45, 7) is 13.5. The molecule has 0 amide bonds.